The zero-order chi connectivity index (χ0) is 18.0. The summed E-state index contributed by atoms with van der Waals surface area (Å²) in [6, 6.07) is 5.08. The van der Waals surface area contributed by atoms with E-state index in [2.05, 4.69) is 4.99 Å². The van der Waals surface area contributed by atoms with Crippen molar-refractivity contribution in [2.24, 2.45) is 4.99 Å². The number of carbonyl (C=O) groups is 1. The van der Waals surface area contributed by atoms with Crippen molar-refractivity contribution < 1.29 is 22.7 Å². The quantitative estimate of drug-likeness (QED) is 0.758. The number of nitrogens with zero attached hydrogens (tertiary/aromatic N) is 2. The summed E-state index contributed by atoms with van der Waals surface area (Å²) < 4.78 is 44.1. The highest BCUT2D eigenvalue weighted by Gasteiger charge is 2.33. The van der Waals surface area contributed by atoms with Crippen LogP contribution in [0, 0.1) is 0 Å². The second-order valence-corrected chi connectivity index (χ2v) is 6.73. The number of alkyl halides is 3. The molecule has 4 nitrogen and oxygen atoms in total. The van der Waals surface area contributed by atoms with Gasteiger partial charge in [0, 0.05) is 24.9 Å². The van der Waals surface area contributed by atoms with Crippen molar-refractivity contribution >= 4 is 12.3 Å². The minimum absolute atomic E-state index is 0.0284. The van der Waals surface area contributed by atoms with Crippen molar-refractivity contribution in [3.8, 4) is 0 Å². The summed E-state index contributed by atoms with van der Waals surface area (Å²) in [7, 11) is 0. The predicted octanol–water partition coefficient (Wildman–Crippen LogP) is 4.13. The first-order valence-electron chi connectivity index (χ1n) is 7.73. The average Bonchev–Trinajstić information content (AvgIpc) is 2.91. The summed E-state index contributed by atoms with van der Waals surface area (Å²) >= 11 is 0. The molecular formula is C17H21F3N2O2. The van der Waals surface area contributed by atoms with Crippen molar-refractivity contribution in [3.63, 3.8) is 0 Å². The molecule has 1 aromatic carbocycles. The van der Waals surface area contributed by atoms with Gasteiger partial charge in [-0.3, -0.25) is 4.99 Å². The lowest BCUT2D eigenvalue weighted by molar-refractivity contribution is -0.137. The number of ether oxygens (including phenoxy) is 1. The smallest absolute Gasteiger partial charge is 0.417 e. The summed E-state index contributed by atoms with van der Waals surface area (Å²) in [5.74, 6) is 0. The molecule has 7 heteroatoms. The standard InChI is InChI=1S/C17H21F3N2O2/c1-16(2,3)24-15(23)22-9-8-13(11-22)21-10-12-6-4-5-7-14(12)17(18,19)20/h4-7,10,13H,8-9,11H2,1-3H3/b21-10+. The predicted molar refractivity (Wildman–Crippen MR) is 85.3 cm³/mol. The van der Waals surface area contributed by atoms with E-state index in [9.17, 15) is 18.0 Å². The molecule has 1 unspecified atom stereocenters. The number of hydrogen-bond donors (Lipinski definition) is 0. The van der Waals surface area contributed by atoms with Gasteiger partial charge in [-0.2, -0.15) is 13.2 Å². The van der Waals surface area contributed by atoms with E-state index < -0.39 is 23.4 Å². The maximum Gasteiger partial charge on any atom is 0.417 e. The van der Waals surface area contributed by atoms with Crippen LogP contribution in [-0.4, -0.2) is 41.9 Å². The van der Waals surface area contributed by atoms with Crippen molar-refractivity contribution in [1.82, 2.24) is 4.90 Å². The SMILES string of the molecule is CC(C)(C)OC(=O)N1CCC(/N=C/c2ccccc2C(F)(F)F)C1. The van der Waals surface area contributed by atoms with Crippen LogP contribution in [0.25, 0.3) is 0 Å². The molecule has 1 aliphatic heterocycles. The van der Waals surface area contributed by atoms with Gasteiger partial charge in [0.1, 0.15) is 5.60 Å². The Morgan fingerprint density at radius 2 is 1.96 bits per heavy atom. The molecule has 1 aliphatic rings. The Hall–Kier alpha value is -2.05. The maximum atomic E-state index is 12.9. The molecule has 0 saturated carbocycles. The third-order valence-corrected chi connectivity index (χ3v) is 3.51. The Balaban J connectivity index is 2.01. The highest BCUT2D eigenvalue weighted by Crippen LogP contribution is 2.31. The molecule has 1 heterocycles. The van der Waals surface area contributed by atoms with Crippen LogP contribution in [0.15, 0.2) is 29.3 Å². The van der Waals surface area contributed by atoms with E-state index in [1.165, 1.54) is 29.3 Å². The Labute approximate surface area is 139 Å². The van der Waals surface area contributed by atoms with Crippen LogP contribution in [0.3, 0.4) is 0 Å². The third-order valence-electron chi connectivity index (χ3n) is 3.51. The fourth-order valence-corrected chi connectivity index (χ4v) is 2.41. The molecule has 0 bridgehead atoms. The number of carbonyl (C=O) groups excluding carboxylic acids is 1. The fraction of sp³-hybridized carbons (Fsp3) is 0.529. The largest absolute Gasteiger partial charge is 0.444 e. The molecule has 0 aromatic heterocycles. The van der Waals surface area contributed by atoms with Gasteiger partial charge < -0.3 is 9.64 Å². The van der Waals surface area contributed by atoms with Gasteiger partial charge in [0.15, 0.2) is 0 Å². The molecule has 1 fully saturated rings. The van der Waals surface area contributed by atoms with Crippen LogP contribution in [0.1, 0.15) is 38.3 Å². The molecule has 1 aromatic rings. The molecule has 0 spiro atoms. The number of halogens is 3. The number of hydrogen-bond acceptors (Lipinski definition) is 3. The molecule has 1 saturated heterocycles. The van der Waals surface area contributed by atoms with Crippen LogP contribution in [-0.2, 0) is 10.9 Å². The number of likely N-dealkylation sites (tertiary alicyclic amines) is 1. The molecule has 0 radical (unpaired) electrons. The lowest BCUT2D eigenvalue weighted by Crippen LogP contribution is -2.35. The molecule has 1 amide bonds. The van der Waals surface area contributed by atoms with E-state index in [0.717, 1.165) is 6.07 Å². The van der Waals surface area contributed by atoms with Crippen LogP contribution >= 0.6 is 0 Å². The first kappa shape index (κ1) is 18.3. The van der Waals surface area contributed by atoms with Crippen molar-refractivity contribution in [2.75, 3.05) is 13.1 Å². The normalized spacial score (nSPS) is 19.1. The fourth-order valence-electron chi connectivity index (χ4n) is 2.41. The Kier molecular flexibility index (Phi) is 5.20. The average molecular weight is 342 g/mol. The van der Waals surface area contributed by atoms with E-state index in [1.54, 1.807) is 20.8 Å². The zero-order valence-corrected chi connectivity index (χ0v) is 13.9. The van der Waals surface area contributed by atoms with Gasteiger partial charge in [-0.1, -0.05) is 18.2 Å². The van der Waals surface area contributed by atoms with Gasteiger partial charge in [-0.15, -0.1) is 0 Å². The van der Waals surface area contributed by atoms with Gasteiger partial charge in [-0.05, 0) is 33.3 Å². The summed E-state index contributed by atoms with van der Waals surface area (Å²) in [5, 5.41) is 0. The number of rotatable bonds is 2. The van der Waals surface area contributed by atoms with E-state index in [-0.39, 0.29) is 11.6 Å². The first-order valence-corrected chi connectivity index (χ1v) is 7.73. The molecule has 0 aliphatic carbocycles. The Morgan fingerprint density at radius 1 is 1.29 bits per heavy atom. The van der Waals surface area contributed by atoms with E-state index in [4.69, 9.17) is 4.74 Å². The van der Waals surface area contributed by atoms with Crippen molar-refractivity contribution in [1.29, 1.82) is 0 Å². The lowest BCUT2D eigenvalue weighted by Gasteiger charge is -2.24. The molecule has 1 atom stereocenters. The van der Waals surface area contributed by atoms with E-state index >= 15 is 0 Å². The Bertz CT molecular complexity index is 621. The second kappa shape index (κ2) is 6.83. The monoisotopic (exact) mass is 342 g/mol. The van der Waals surface area contributed by atoms with Gasteiger partial charge in [-0.25, -0.2) is 4.79 Å². The summed E-state index contributed by atoms with van der Waals surface area (Å²) in [5.41, 5.74) is -1.26. The summed E-state index contributed by atoms with van der Waals surface area (Å²) in [4.78, 5) is 17.7. The Morgan fingerprint density at radius 3 is 2.58 bits per heavy atom. The van der Waals surface area contributed by atoms with Crippen molar-refractivity contribution in [3.05, 3.63) is 35.4 Å². The number of aliphatic imine (C=N–C) groups is 1. The van der Waals surface area contributed by atoms with Crippen molar-refractivity contribution in [2.45, 2.75) is 45.0 Å². The zero-order valence-electron chi connectivity index (χ0n) is 13.9. The summed E-state index contributed by atoms with van der Waals surface area (Å²) in [6.07, 6.45) is -2.99. The number of benzene rings is 1. The number of amides is 1. The van der Waals surface area contributed by atoms with Crippen LogP contribution in [0.5, 0.6) is 0 Å². The van der Waals surface area contributed by atoms with E-state index in [0.29, 0.717) is 19.5 Å². The second-order valence-electron chi connectivity index (χ2n) is 6.73. The molecule has 2 rings (SSSR count). The minimum atomic E-state index is -4.42. The maximum absolute atomic E-state index is 12.9. The van der Waals surface area contributed by atoms with Gasteiger partial charge in [0.25, 0.3) is 0 Å². The van der Waals surface area contributed by atoms with Gasteiger partial charge in [0.2, 0.25) is 0 Å². The highest BCUT2D eigenvalue weighted by molar-refractivity contribution is 5.82. The first-order chi connectivity index (χ1) is 11.1. The highest BCUT2D eigenvalue weighted by atomic mass is 19.4. The molecular weight excluding hydrogens is 321 g/mol. The van der Waals surface area contributed by atoms with Gasteiger partial charge >= 0.3 is 12.3 Å². The molecule has 24 heavy (non-hydrogen) atoms. The third kappa shape index (κ3) is 4.97. The lowest BCUT2D eigenvalue weighted by atomic mass is 10.1. The molecule has 0 N–H and O–H groups in total. The van der Waals surface area contributed by atoms with Crippen LogP contribution in [0.4, 0.5) is 18.0 Å². The van der Waals surface area contributed by atoms with E-state index in [1.807, 2.05) is 0 Å². The van der Waals surface area contributed by atoms with Crippen LogP contribution in [0.2, 0.25) is 0 Å². The molecule has 132 valence electrons. The summed E-state index contributed by atoms with van der Waals surface area (Å²) in [6.45, 7) is 6.18. The van der Waals surface area contributed by atoms with Crippen LogP contribution < -0.4 is 0 Å². The topological polar surface area (TPSA) is 41.9 Å². The van der Waals surface area contributed by atoms with Gasteiger partial charge in [0.05, 0.1) is 11.6 Å². The minimum Gasteiger partial charge on any atom is -0.444 e.